The first-order chi connectivity index (χ1) is 13.2. The van der Waals surface area contributed by atoms with E-state index in [2.05, 4.69) is 36.2 Å². The maximum Gasteiger partial charge on any atom is 0.181 e. The summed E-state index contributed by atoms with van der Waals surface area (Å²) < 4.78 is 11.1. The van der Waals surface area contributed by atoms with Crippen molar-refractivity contribution in [1.82, 2.24) is 4.98 Å². The van der Waals surface area contributed by atoms with E-state index >= 15 is 0 Å². The molecule has 2 aromatic rings. The van der Waals surface area contributed by atoms with Gasteiger partial charge in [-0.3, -0.25) is 9.78 Å². The molecule has 0 amide bonds. The molecule has 0 N–H and O–H groups in total. The number of ketones is 1. The summed E-state index contributed by atoms with van der Waals surface area (Å²) in [5.41, 5.74) is 3.95. The predicted octanol–water partition coefficient (Wildman–Crippen LogP) is 5.13. The van der Waals surface area contributed by atoms with Gasteiger partial charge in [-0.2, -0.15) is 0 Å². The molecular weight excluding hydrogens is 338 g/mol. The van der Waals surface area contributed by atoms with Crippen molar-refractivity contribution in [2.24, 2.45) is 5.92 Å². The highest BCUT2D eigenvalue weighted by molar-refractivity contribution is 5.94. The normalized spacial score (nSPS) is 15.0. The van der Waals surface area contributed by atoms with Gasteiger partial charge in [0, 0.05) is 27.3 Å². The Balaban J connectivity index is 0.00000280. The summed E-state index contributed by atoms with van der Waals surface area (Å²) in [5.74, 6) is 0.849. The number of hydrogen-bond donors (Lipinski definition) is 0. The van der Waals surface area contributed by atoms with E-state index in [1.54, 1.807) is 6.20 Å². The fraction of sp³-hybridized carbons (Fsp3) is 0.478. The average molecular weight is 370 g/mol. The number of aryl methyl sites for hydroxylation is 1. The van der Waals surface area contributed by atoms with Crippen molar-refractivity contribution in [3.63, 3.8) is 0 Å². The predicted molar refractivity (Wildman–Crippen MR) is 108 cm³/mol. The number of Topliss-reactive ketones (excluding diaryl/α,β-unsaturated/α-hetero) is 1. The van der Waals surface area contributed by atoms with Crippen molar-refractivity contribution in [3.8, 4) is 0 Å². The molecule has 0 bridgehead atoms. The topological polar surface area (TPSA) is 48.4 Å². The second-order valence-corrected chi connectivity index (χ2v) is 7.40. The van der Waals surface area contributed by atoms with Crippen LogP contribution < -0.4 is 0 Å². The van der Waals surface area contributed by atoms with Gasteiger partial charge >= 0.3 is 0 Å². The molecule has 0 radical (unpaired) electrons. The summed E-state index contributed by atoms with van der Waals surface area (Å²) in [5, 5.41) is 0. The Labute approximate surface area is 163 Å². The van der Waals surface area contributed by atoms with E-state index in [-0.39, 0.29) is 7.21 Å². The van der Waals surface area contributed by atoms with Crippen LogP contribution in [0.25, 0.3) is 0 Å². The molecule has 1 aliphatic rings. The highest BCUT2D eigenvalue weighted by Crippen LogP contribution is 2.21. The molecule has 4 nitrogen and oxygen atoms in total. The smallest absolute Gasteiger partial charge is 0.181 e. The van der Waals surface area contributed by atoms with Crippen molar-refractivity contribution >= 4 is 5.78 Å². The molecule has 1 saturated heterocycles. The number of carbonyl (C=O) groups excluding carboxylic acids is 1. The fourth-order valence-corrected chi connectivity index (χ4v) is 3.36. The molecule has 0 atom stereocenters. The van der Waals surface area contributed by atoms with Crippen LogP contribution in [0.2, 0.25) is 0 Å². The number of benzene rings is 1. The van der Waals surface area contributed by atoms with Crippen molar-refractivity contribution < 1.29 is 15.7 Å². The summed E-state index contributed by atoms with van der Waals surface area (Å²) >= 11 is 0. The highest BCUT2D eigenvalue weighted by atomic mass is 16.5. The Hall–Kier alpha value is -2.04. The van der Waals surface area contributed by atoms with E-state index in [1.807, 2.05) is 12.1 Å². The Morgan fingerprint density at radius 1 is 1.11 bits per heavy atom. The lowest BCUT2D eigenvalue weighted by Gasteiger charge is -2.21. The zero-order valence-corrected chi connectivity index (χ0v) is 16.2. The molecule has 146 valence electrons. The van der Waals surface area contributed by atoms with E-state index in [0.717, 1.165) is 50.0 Å². The number of pyridine rings is 1. The zero-order chi connectivity index (χ0) is 18.9. The third kappa shape index (κ3) is 6.56. The monoisotopic (exact) mass is 369 g/mol. The molecule has 0 saturated carbocycles. The molecule has 2 heterocycles. The minimum absolute atomic E-state index is 0. The van der Waals surface area contributed by atoms with Gasteiger partial charge in [0.1, 0.15) is 5.69 Å². The third-order valence-corrected chi connectivity index (χ3v) is 5.13. The molecule has 4 heteroatoms. The number of hydrogen-bond acceptors (Lipinski definition) is 4. The highest BCUT2D eigenvalue weighted by Gasteiger charge is 2.14. The van der Waals surface area contributed by atoms with E-state index < -0.39 is 0 Å². The van der Waals surface area contributed by atoms with Crippen molar-refractivity contribution in [2.75, 3.05) is 13.2 Å². The summed E-state index contributed by atoms with van der Waals surface area (Å²) in [6.07, 6.45) is 6.63. The van der Waals surface area contributed by atoms with Crippen molar-refractivity contribution in [3.05, 3.63) is 65.0 Å². The van der Waals surface area contributed by atoms with Crippen LogP contribution >= 0.6 is 0 Å². The molecule has 27 heavy (non-hydrogen) atoms. The van der Waals surface area contributed by atoms with E-state index in [0.29, 0.717) is 31.2 Å². The molecule has 0 aliphatic carbocycles. The lowest BCUT2D eigenvalue weighted by Crippen LogP contribution is -2.15. The van der Waals surface area contributed by atoms with Crippen LogP contribution in [-0.4, -0.2) is 24.0 Å². The van der Waals surface area contributed by atoms with Gasteiger partial charge in [-0.05, 0) is 55.7 Å². The standard InChI is InChI=1S/C23H29NO3.H2/c1-18-5-7-20(8-6-18)16-27-17-21-9-10-22(24-15-21)23(25)4-2-3-19-11-13-26-14-12-19;/h5-10,15,19H,2-4,11-14,16-17H2,1H3;1H. The lowest BCUT2D eigenvalue weighted by molar-refractivity contribution is 0.0629. The van der Waals surface area contributed by atoms with Crippen LogP contribution in [0.3, 0.4) is 0 Å². The second kappa shape index (κ2) is 10.3. The first kappa shape index (κ1) is 19.7. The Bertz CT molecular complexity index is 710. The third-order valence-electron chi connectivity index (χ3n) is 5.13. The lowest BCUT2D eigenvalue weighted by atomic mass is 9.93. The molecule has 3 rings (SSSR count). The largest absolute Gasteiger partial charge is 0.381 e. The van der Waals surface area contributed by atoms with Gasteiger partial charge in [-0.1, -0.05) is 35.9 Å². The molecule has 1 fully saturated rings. The first-order valence-electron chi connectivity index (χ1n) is 9.90. The van der Waals surface area contributed by atoms with Gasteiger partial charge in [0.05, 0.1) is 13.2 Å². The van der Waals surface area contributed by atoms with E-state index in [9.17, 15) is 4.79 Å². The average Bonchev–Trinajstić information content (AvgIpc) is 2.71. The Morgan fingerprint density at radius 3 is 2.52 bits per heavy atom. The Kier molecular flexibility index (Phi) is 7.55. The number of nitrogens with zero attached hydrogens (tertiary/aromatic N) is 1. The molecule has 0 spiro atoms. The van der Waals surface area contributed by atoms with Crippen LogP contribution in [-0.2, 0) is 22.7 Å². The number of ether oxygens (including phenoxy) is 2. The second-order valence-electron chi connectivity index (χ2n) is 7.40. The van der Waals surface area contributed by atoms with Crippen LogP contribution in [0, 0.1) is 12.8 Å². The molecule has 1 aromatic carbocycles. The fourth-order valence-electron chi connectivity index (χ4n) is 3.36. The zero-order valence-electron chi connectivity index (χ0n) is 16.2. The van der Waals surface area contributed by atoms with E-state index in [4.69, 9.17) is 9.47 Å². The molecular formula is C23H31NO3. The summed E-state index contributed by atoms with van der Waals surface area (Å²) in [6, 6.07) is 12.1. The number of carbonyl (C=O) groups is 1. The molecule has 1 aliphatic heterocycles. The number of aromatic nitrogens is 1. The minimum Gasteiger partial charge on any atom is -0.381 e. The van der Waals surface area contributed by atoms with Crippen molar-refractivity contribution in [2.45, 2.75) is 52.2 Å². The first-order valence-corrected chi connectivity index (χ1v) is 9.90. The number of rotatable bonds is 9. The SMILES string of the molecule is Cc1ccc(COCc2ccc(C(=O)CCCC3CCOCC3)nc2)cc1.[HH]. The quantitative estimate of drug-likeness (QED) is 0.575. The van der Waals surface area contributed by atoms with Crippen LogP contribution in [0.1, 0.15) is 60.7 Å². The van der Waals surface area contributed by atoms with Gasteiger partial charge < -0.3 is 9.47 Å². The van der Waals surface area contributed by atoms with Crippen LogP contribution in [0.5, 0.6) is 0 Å². The van der Waals surface area contributed by atoms with Gasteiger partial charge in [-0.15, -0.1) is 0 Å². The van der Waals surface area contributed by atoms with E-state index in [1.165, 1.54) is 5.56 Å². The van der Waals surface area contributed by atoms with Gasteiger partial charge in [0.2, 0.25) is 0 Å². The summed E-state index contributed by atoms with van der Waals surface area (Å²) in [4.78, 5) is 16.6. The van der Waals surface area contributed by atoms with Gasteiger partial charge in [-0.25, -0.2) is 0 Å². The maximum absolute atomic E-state index is 12.3. The maximum atomic E-state index is 12.3. The van der Waals surface area contributed by atoms with Crippen LogP contribution in [0.15, 0.2) is 42.6 Å². The minimum atomic E-state index is 0. The van der Waals surface area contributed by atoms with Gasteiger partial charge in [0.25, 0.3) is 0 Å². The summed E-state index contributed by atoms with van der Waals surface area (Å²) in [6.45, 7) is 4.89. The van der Waals surface area contributed by atoms with Crippen LogP contribution in [0.4, 0.5) is 0 Å². The molecule has 0 unspecified atom stereocenters. The van der Waals surface area contributed by atoms with Crippen molar-refractivity contribution in [1.29, 1.82) is 0 Å². The van der Waals surface area contributed by atoms with Gasteiger partial charge in [0.15, 0.2) is 5.78 Å². The summed E-state index contributed by atoms with van der Waals surface area (Å²) in [7, 11) is 0. The Morgan fingerprint density at radius 2 is 1.81 bits per heavy atom. The molecule has 1 aromatic heterocycles.